The second-order valence-corrected chi connectivity index (χ2v) is 9.89. The largest absolute Gasteiger partial charge is 0.0530 e. The Balaban J connectivity index is 1.35. The molecule has 5 aliphatic carbocycles. The molecule has 0 N–H and O–H groups in total. The van der Waals surface area contributed by atoms with Gasteiger partial charge in [0.1, 0.15) is 0 Å². The maximum absolute atomic E-state index is 1.67. The highest BCUT2D eigenvalue weighted by Crippen LogP contribution is 2.59. The molecule has 0 saturated heterocycles. The van der Waals surface area contributed by atoms with Gasteiger partial charge in [-0.15, -0.1) is 0 Å². The Morgan fingerprint density at radius 3 is 1.23 bits per heavy atom. The van der Waals surface area contributed by atoms with Crippen molar-refractivity contribution in [2.75, 3.05) is 0 Å². The van der Waals surface area contributed by atoms with Gasteiger partial charge in [0, 0.05) is 0 Å². The van der Waals surface area contributed by atoms with Gasteiger partial charge in [-0.1, -0.05) is 38.5 Å². The summed E-state index contributed by atoms with van der Waals surface area (Å²) in [6.07, 6.45) is 22.4. The molecule has 5 saturated carbocycles. The van der Waals surface area contributed by atoms with E-state index in [1.54, 1.807) is 89.9 Å². The molecule has 0 aromatic heterocycles. The molecule has 5 aliphatic rings. The molecule has 8 atom stereocenters. The van der Waals surface area contributed by atoms with Crippen LogP contribution in [-0.4, -0.2) is 0 Å². The van der Waals surface area contributed by atoms with Gasteiger partial charge in [0.05, 0.1) is 0 Å². The maximum Gasteiger partial charge on any atom is -0.0352 e. The first kappa shape index (κ1) is 14.4. The van der Waals surface area contributed by atoms with E-state index >= 15 is 0 Å². The molecule has 0 heterocycles. The van der Waals surface area contributed by atoms with Gasteiger partial charge in [0.2, 0.25) is 0 Å². The topological polar surface area (TPSA) is 0 Å². The molecule has 0 aromatic rings. The molecule has 0 spiro atoms. The van der Waals surface area contributed by atoms with Crippen LogP contribution in [0.3, 0.4) is 0 Å². The minimum Gasteiger partial charge on any atom is -0.0530 e. The van der Waals surface area contributed by atoms with Crippen molar-refractivity contribution in [1.82, 2.24) is 0 Å². The average Bonchev–Trinajstić information content (AvgIpc) is 2.60. The monoisotopic (exact) mass is 300 g/mol. The molecule has 0 nitrogen and oxygen atoms in total. The quantitative estimate of drug-likeness (QED) is 0.482. The Bertz CT molecular complexity index is 361. The SMILES string of the molecule is C1CCC2C(C1)CCC1CC3C(CCC4CCCCC43)CC12. The first-order valence-electron chi connectivity index (χ1n) is 10.9. The molecule has 0 aromatic carbocycles. The molecule has 22 heavy (non-hydrogen) atoms. The Kier molecular flexibility index (Phi) is 3.79. The van der Waals surface area contributed by atoms with Crippen molar-refractivity contribution in [3.63, 3.8) is 0 Å². The Hall–Kier alpha value is 0. The summed E-state index contributed by atoms with van der Waals surface area (Å²) in [5.41, 5.74) is 0. The van der Waals surface area contributed by atoms with E-state index in [1.165, 1.54) is 11.8 Å². The van der Waals surface area contributed by atoms with E-state index in [-0.39, 0.29) is 0 Å². The Labute approximate surface area is 137 Å². The highest BCUT2D eigenvalue weighted by Gasteiger charge is 2.50. The van der Waals surface area contributed by atoms with Crippen LogP contribution in [0.15, 0.2) is 0 Å². The predicted molar refractivity (Wildman–Crippen MR) is 92.6 cm³/mol. The van der Waals surface area contributed by atoms with E-state index in [0.717, 1.165) is 35.5 Å². The minimum atomic E-state index is 1.15. The van der Waals surface area contributed by atoms with Crippen molar-refractivity contribution in [3.8, 4) is 0 Å². The zero-order valence-corrected chi connectivity index (χ0v) is 14.5. The third-order valence-electron chi connectivity index (χ3n) is 9.21. The van der Waals surface area contributed by atoms with E-state index in [2.05, 4.69) is 0 Å². The number of hydrogen-bond donors (Lipinski definition) is 0. The standard InChI is InChI=1S/C22H36/c1-3-7-19-15(5-1)9-11-17-14-22-18(13-21(17)19)12-10-16-6-2-4-8-20(16)22/h15-22H,1-14H2. The number of hydrogen-bond acceptors (Lipinski definition) is 0. The summed E-state index contributed by atoms with van der Waals surface area (Å²) in [6, 6.07) is 0. The van der Waals surface area contributed by atoms with E-state index in [0.29, 0.717) is 0 Å². The van der Waals surface area contributed by atoms with Gasteiger partial charge in [-0.25, -0.2) is 0 Å². The average molecular weight is 301 g/mol. The van der Waals surface area contributed by atoms with Crippen molar-refractivity contribution in [2.45, 2.75) is 89.9 Å². The van der Waals surface area contributed by atoms with Crippen LogP contribution >= 0.6 is 0 Å². The summed E-state index contributed by atoms with van der Waals surface area (Å²) in [4.78, 5) is 0. The minimum absolute atomic E-state index is 1.15. The van der Waals surface area contributed by atoms with Crippen LogP contribution in [0.1, 0.15) is 89.9 Å². The molecular formula is C22H36. The Morgan fingerprint density at radius 1 is 0.318 bits per heavy atom. The second-order valence-electron chi connectivity index (χ2n) is 9.89. The molecule has 8 unspecified atom stereocenters. The smallest absolute Gasteiger partial charge is 0.0352 e. The van der Waals surface area contributed by atoms with Crippen LogP contribution in [0, 0.1) is 47.3 Å². The zero-order valence-electron chi connectivity index (χ0n) is 14.5. The first-order chi connectivity index (χ1) is 10.9. The molecule has 0 radical (unpaired) electrons. The second kappa shape index (κ2) is 5.82. The third kappa shape index (κ3) is 2.30. The first-order valence-corrected chi connectivity index (χ1v) is 10.9. The molecule has 124 valence electrons. The van der Waals surface area contributed by atoms with Gasteiger partial charge in [-0.3, -0.25) is 0 Å². The number of rotatable bonds is 0. The van der Waals surface area contributed by atoms with E-state index in [9.17, 15) is 0 Å². The summed E-state index contributed by atoms with van der Waals surface area (Å²) in [5, 5.41) is 0. The lowest BCUT2D eigenvalue weighted by Gasteiger charge is -2.56. The normalized spacial score (nSPS) is 54.5. The van der Waals surface area contributed by atoms with Crippen LogP contribution in [0.2, 0.25) is 0 Å². The summed E-state index contributed by atoms with van der Waals surface area (Å²) >= 11 is 0. The van der Waals surface area contributed by atoms with Gasteiger partial charge in [-0.05, 0) is 98.7 Å². The maximum atomic E-state index is 1.67. The fourth-order valence-corrected chi connectivity index (χ4v) is 8.32. The molecule has 5 fully saturated rings. The third-order valence-corrected chi connectivity index (χ3v) is 9.21. The van der Waals surface area contributed by atoms with Crippen LogP contribution in [0.25, 0.3) is 0 Å². The summed E-state index contributed by atoms with van der Waals surface area (Å²) < 4.78 is 0. The molecule has 5 rings (SSSR count). The fourth-order valence-electron chi connectivity index (χ4n) is 8.32. The predicted octanol–water partition coefficient (Wildman–Crippen LogP) is 6.45. The molecule has 0 bridgehead atoms. The molecular weight excluding hydrogens is 264 g/mol. The van der Waals surface area contributed by atoms with Gasteiger partial charge in [-0.2, -0.15) is 0 Å². The van der Waals surface area contributed by atoms with Gasteiger partial charge in [0.25, 0.3) is 0 Å². The lowest BCUT2D eigenvalue weighted by molar-refractivity contribution is -0.0628. The summed E-state index contributed by atoms with van der Waals surface area (Å²) in [7, 11) is 0. The van der Waals surface area contributed by atoms with Crippen LogP contribution < -0.4 is 0 Å². The summed E-state index contributed by atoms with van der Waals surface area (Å²) in [6.45, 7) is 0. The van der Waals surface area contributed by atoms with Gasteiger partial charge >= 0.3 is 0 Å². The van der Waals surface area contributed by atoms with Crippen LogP contribution in [0.4, 0.5) is 0 Å². The zero-order chi connectivity index (χ0) is 14.5. The van der Waals surface area contributed by atoms with Crippen molar-refractivity contribution in [2.24, 2.45) is 47.3 Å². The highest BCUT2D eigenvalue weighted by molar-refractivity contribution is 4.99. The van der Waals surface area contributed by atoms with Gasteiger partial charge < -0.3 is 0 Å². The molecule has 0 heteroatoms. The van der Waals surface area contributed by atoms with Crippen molar-refractivity contribution < 1.29 is 0 Å². The highest BCUT2D eigenvalue weighted by atomic mass is 14.5. The molecule has 0 aliphatic heterocycles. The van der Waals surface area contributed by atoms with Crippen LogP contribution in [-0.2, 0) is 0 Å². The summed E-state index contributed by atoms with van der Waals surface area (Å²) in [5.74, 6) is 9.27. The lowest BCUT2D eigenvalue weighted by Crippen LogP contribution is -2.47. The van der Waals surface area contributed by atoms with Gasteiger partial charge in [0.15, 0.2) is 0 Å². The van der Waals surface area contributed by atoms with Crippen molar-refractivity contribution in [3.05, 3.63) is 0 Å². The van der Waals surface area contributed by atoms with Crippen molar-refractivity contribution in [1.29, 1.82) is 0 Å². The van der Waals surface area contributed by atoms with E-state index < -0.39 is 0 Å². The molecule has 0 amide bonds. The number of fused-ring (bicyclic) bond motifs is 6. The van der Waals surface area contributed by atoms with E-state index in [1.807, 2.05) is 0 Å². The van der Waals surface area contributed by atoms with Crippen molar-refractivity contribution >= 4 is 0 Å². The van der Waals surface area contributed by atoms with Crippen LogP contribution in [0.5, 0.6) is 0 Å². The van der Waals surface area contributed by atoms with E-state index in [4.69, 9.17) is 0 Å². The Morgan fingerprint density at radius 2 is 0.727 bits per heavy atom. The fraction of sp³-hybridized carbons (Fsp3) is 1.00. The lowest BCUT2D eigenvalue weighted by atomic mass is 9.49.